The lowest BCUT2D eigenvalue weighted by atomic mass is 9.87. The average molecular weight is 166 g/mol. The topological polar surface area (TPSA) is 46.2 Å². The number of nitrogens with two attached hydrogens (primary N) is 1. The van der Waals surface area contributed by atoms with E-state index in [1.54, 1.807) is 0 Å². The van der Waals surface area contributed by atoms with Crippen LogP contribution < -0.4 is 5.73 Å². The van der Waals surface area contributed by atoms with Crippen molar-refractivity contribution < 1.29 is 5.11 Å². The molecule has 1 fully saturated rings. The molecule has 0 aromatic rings. The molecule has 0 amide bonds. The van der Waals surface area contributed by atoms with E-state index in [0.29, 0.717) is 12.5 Å². The number of aliphatic hydroxyl groups excluding tert-OH is 1. The van der Waals surface area contributed by atoms with E-state index in [1.165, 1.54) is 12.8 Å². The van der Waals surface area contributed by atoms with E-state index in [2.05, 4.69) is 0 Å². The van der Waals surface area contributed by atoms with Crippen molar-refractivity contribution in [2.45, 2.75) is 31.8 Å². The molecule has 1 saturated carbocycles. The van der Waals surface area contributed by atoms with E-state index in [1.807, 2.05) is 0 Å². The summed E-state index contributed by atoms with van der Waals surface area (Å²) in [5.41, 5.74) is 5.43. The van der Waals surface area contributed by atoms with Crippen LogP contribution in [0.3, 0.4) is 0 Å². The molecule has 1 aliphatic carbocycles. The van der Waals surface area contributed by atoms with E-state index in [-0.39, 0.29) is 18.5 Å². The maximum atomic E-state index is 9.29. The van der Waals surface area contributed by atoms with Crippen LogP contribution in [0.5, 0.6) is 0 Å². The molecule has 3 heteroatoms. The van der Waals surface area contributed by atoms with Crippen LogP contribution >= 0.6 is 12.4 Å². The zero-order valence-corrected chi connectivity index (χ0v) is 6.94. The van der Waals surface area contributed by atoms with Crippen molar-refractivity contribution in [2.75, 3.05) is 6.54 Å². The van der Waals surface area contributed by atoms with Gasteiger partial charge >= 0.3 is 0 Å². The summed E-state index contributed by atoms with van der Waals surface area (Å²) in [4.78, 5) is 0. The van der Waals surface area contributed by atoms with E-state index in [0.717, 1.165) is 12.8 Å². The van der Waals surface area contributed by atoms with Crippen LogP contribution in [-0.2, 0) is 0 Å². The largest absolute Gasteiger partial charge is 0.393 e. The number of hydrogen-bond acceptors (Lipinski definition) is 2. The Kier molecular flexibility index (Phi) is 5.04. The lowest BCUT2D eigenvalue weighted by Crippen LogP contribution is -2.30. The van der Waals surface area contributed by atoms with Crippen LogP contribution in [0.15, 0.2) is 0 Å². The standard InChI is InChI=1S/C7H15NO.ClH/c8-5-6-3-1-2-4-7(6)9;/h6-7,9H,1-5,8H2;1H/t6-,7+;/m0./s1. The second-order valence-corrected chi connectivity index (χ2v) is 2.85. The molecule has 10 heavy (non-hydrogen) atoms. The first-order valence-corrected chi connectivity index (χ1v) is 3.72. The molecular formula is C7H16ClNO. The van der Waals surface area contributed by atoms with Gasteiger partial charge in [0.05, 0.1) is 6.10 Å². The van der Waals surface area contributed by atoms with E-state index in [4.69, 9.17) is 5.73 Å². The minimum absolute atomic E-state index is 0. The Morgan fingerprint density at radius 1 is 1.30 bits per heavy atom. The van der Waals surface area contributed by atoms with Gasteiger partial charge in [-0.25, -0.2) is 0 Å². The van der Waals surface area contributed by atoms with Crippen LogP contribution in [0, 0.1) is 5.92 Å². The number of hydrogen-bond donors (Lipinski definition) is 2. The first-order valence-electron chi connectivity index (χ1n) is 3.72. The molecular weight excluding hydrogens is 150 g/mol. The smallest absolute Gasteiger partial charge is 0.0580 e. The van der Waals surface area contributed by atoms with Crippen LogP contribution in [0.2, 0.25) is 0 Å². The van der Waals surface area contributed by atoms with Gasteiger partial charge in [-0.1, -0.05) is 12.8 Å². The fourth-order valence-corrected chi connectivity index (χ4v) is 1.46. The molecule has 1 rings (SSSR count). The van der Waals surface area contributed by atoms with Gasteiger partial charge in [0.2, 0.25) is 0 Å². The summed E-state index contributed by atoms with van der Waals surface area (Å²) in [5.74, 6) is 0.388. The van der Waals surface area contributed by atoms with Crippen molar-refractivity contribution in [1.82, 2.24) is 0 Å². The fraction of sp³-hybridized carbons (Fsp3) is 1.00. The molecule has 0 radical (unpaired) electrons. The van der Waals surface area contributed by atoms with Crippen LogP contribution in [0.25, 0.3) is 0 Å². The predicted octanol–water partition coefficient (Wildman–Crippen LogP) is 0.918. The first-order chi connectivity index (χ1) is 4.34. The molecule has 0 heterocycles. The van der Waals surface area contributed by atoms with Crippen molar-refractivity contribution in [3.05, 3.63) is 0 Å². The molecule has 0 aliphatic heterocycles. The highest BCUT2D eigenvalue weighted by Gasteiger charge is 2.20. The SMILES string of the molecule is Cl.NC[C@@H]1CCCC[C@H]1O. The molecule has 62 valence electrons. The highest BCUT2D eigenvalue weighted by atomic mass is 35.5. The highest BCUT2D eigenvalue weighted by Crippen LogP contribution is 2.22. The van der Waals surface area contributed by atoms with Crippen molar-refractivity contribution >= 4 is 12.4 Å². The maximum Gasteiger partial charge on any atom is 0.0580 e. The molecule has 0 bridgehead atoms. The Morgan fingerprint density at radius 3 is 2.30 bits per heavy atom. The summed E-state index contributed by atoms with van der Waals surface area (Å²) >= 11 is 0. The molecule has 0 saturated heterocycles. The summed E-state index contributed by atoms with van der Waals surface area (Å²) in [5, 5.41) is 9.29. The van der Waals surface area contributed by atoms with Gasteiger partial charge in [-0.05, 0) is 25.3 Å². The molecule has 0 aromatic heterocycles. The van der Waals surface area contributed by atoms with Gasteiger partial charge in [0, 0.05) is 0 Å². The Morgan fingerprint density at radius 2 is 1.90 bits per heavy atom. The molecule has 2 nitrogen and oxygen atoms in total. The number of aliphatic hydroxyl groups is 1. The summed E-state index contributed by atoms with van der Waals surface area (Å²) < 4.78 is 0. The second-order valence-electron chi connectivity index (χ2n) is 2.85. The van der Waals surface area contributed by atoms with E-state index >= 15 is 0 Å². The summed E-state index contributed by atoms with van der Waals surface area (Å²) in [6.45, 7) is 0.654. The van der Waals surface area contributed by atoms with Crippen LogP contribution in [0.4, 0.5) is 0 Å². The third kappa shape index (κ3) is 2.45. The summed E-state index contributed by atoms with van der Waals surface area (Å²) in [6.07, 6.45) is 4.40. The van der Waals surface area contributed by atoms with E-state index in [9.17, 15) is 5.11 Å². The summed E-state index contributed by atoms with van der Waals surface area (Å²) in [7, 11) is 0. The lowest BCUT2D eigenvalue weighted by molar-refractivity contribution is 0.0743. The van der Waals surface area contributed by atoms with Crippen LogP contribution in [-0.4, -0.2) is 17.8 Å². The zero-order chi connectivity index (χ0) is 6.69. The van der Waals surface area contributed by atoms with Gasteiger partial charge in [0.15, 0.2) is 0 Å². The van der Waals surface area contributed by atoms with E-state index < -0.39 is 0 Å². The molecule has 3 N–H and O–H groups in total. The van der Waals surface area contributed by atoms with Crippen molar-refractivity contribution in [2.24, 2.45) is 11.7 Å². The third-order valence-electron chi connectivity index (χ3n) is 2.17. The minimum Gasteiger partial charge on any atom is -0.393 e. The molecule has 0 unspecified atom stereocenters. The van der Waals surface area contributed by atoms with Crippen molar-refractivity contribution in [3.63, 3.8) is 0 Å². The zero-order valence-electron chi connectivity index (χ0n) is 6.12. The van der Waals surface area contributed by atoms with Gasteiger partial charge in [-0.15, -0.1) is 12.4 Å². The van der Waals surface area contributed by atoms with Gasteiger partial charge in [-0.2, -0.15) is 0 Å². The van der Waals surface area contributed by atoms with Crippen molar-refractivity contribution in [3.8, 4) is 0 Å². The Labute approximate surface area is 68.2 Å². The van der Waals surface area contributed by atoms with Gasteiger partial charge in [0.1, 0.15) is 0 Å². The second kappa shape index (κ2) is 4.94. The van der Waals surface area contributed by atoms with Crippen LogP contribution in [0.1, 0.15) is 25.7 Å². The van der Waals surface area contributed by atoms with Gasteiger partial charge < -0.3 is 10.8 Å². The quantitative estimate of drug-likeness (QED) is 0.607. The molecule has 2 atom stereocenters. The minimum atomic E-state index is -0.108. The molecule has 0 spiro atoms. The first kappa shape index (κ1) is 10.2. The normalized spacial score (nSPS) is 33.0. The Bertz CT molecular complexity index is 89.7. The molecule has 1 aliphatic rings. The van der Waals surface area contributed by atoms with Crippen molar-refractivity contribution in [1.29, 1.82) is 0 Å². The number of halogens is 1. The van der Waals surface area contributed by atoms with Gasteiger partial charge in [0.25, 0.3) is 0 Å². The van der Waals surface area contributed by atoms with Gasteiger partial charge in [-0.3, -0.25) is 0 Å². The Balaban J connectivity index is 0.000000810. The summed E-state index contributed by atoms with van der Waals surface area (Å²) in [6, 6.07) is 0. The third-order valence-corrected chi connectivity index (χ3v) is 2.17. The monoisotopic (exact) mass is 165 g/mol. The Hall–Kier alpha value is 0.210. The fourth-order valence-electron chi connectivity index (χ4n) is 1.46. The highest BCUT2D eigenvalue weighted by molar-refractivity contribution is 5.85. The number of rotatable bonds is 1. The molecule has 0 aromatic carbocycles. The average Bonchev–Trinajstić information content (AvgIpc) is 1.89. The maximum absolute atomic E-state index is 9.29. The lowest BCUT2D eigenvalue weighted by Gasteiger charge is -2.25. The predicted molar refractivity (Wildman–Crippen MR) is 44.3 cm³/mol.